The van der Waals surface area contributed by atoms with Gasteiger partial charge in [0, 0.05) is 19.1 Å². The second kappa shape index (κ2) is 7.44. The van der Waals surface area contributed by atoms with E-state index >= 15 is 0 Å². The molecule has 148 valence electrons. The number of piperidine rings is 1. The summed E-state index contributed by atoms with van der Waals surface area (Å²) in [7, 11) is 0. The van der Waals surface area contributed by atoms with Gasteiger partial charge in [0.2, 0.25) is 5.96 Å². The van der Waals surface area contributed by atoms with E-state index in [0.29, 0.717) is 18.1 Å². The molecule has 1 saturated heterocycles. The number of likely N-dealkylation sites (tertiary alicyclic amines) is 1. The predicted octanol–water partition coefficient (Wildman–Crippen LogP) is 0.512. The van der Waals surface area contributed by atoms with E-state index in [0.717, 1.165) is 32.4 Å². The normalized spacial score (nSPS) is 26.6. The minimum atomic E-state index is -0.426. The molecule has 1 spiro atoms. The van der Waals surface area contributed by atoms with Crippen molar-refractivity contribution < 1.29 is 5.11 Å². The van der Waals surface area contributed by atoms with Crippen molar-refractivity contribution in [1.82, 2.24) is 4.90 Å². The summed E-state index contributed by atoms with van der Waals surface area (Å²) in [4.78, 5) is 19.2. The zero-order valence-electron chi connectivity index (χ0n) is 16.0. The molecule has 1 unspecified atom stereocenters. The van der Waals surface area contributed by atoms with Gasteiger partial charge in [-0.1, -0.05) is 24.3 Å². The van der Waals surface area contributed by atoms with Gasteiger partial charge in [-0.25, -0.2) is 15.0 Å². The van der Waals surface area contributed by atoms with E-state index < -0.39 is 6.17 Å². The summed E-state index contributed by atoms with van der Waals surface area (Å²) in [5.74, 6) is 0.807. The minimum absolute atomic E-state index is 0.0703. The van der Waals surface area contributed by atoms with Crippen molar-refractivity contribution in [2.24, 2.45) is 36.9 Å². The second-order valence-corrected chi connectivity index (χ2v) is 7.73. The van der Waals surface area contributed by atoms with Crippen LogP contribution in [0.5, 0.6) is 0 Å². The van der Waals surface area contributed by atoms with E-state index in [9.17, 15) is 5.11 Å². The van der Waals surface area contributed by atoms with Gasteiger partial charge in [-0.2, -0.15) is 0 Å². The molecule has 0 bridgehead atoms. The molecule has 0 saturated carbocycles. The molecular weight excluding hydrogens is 354 g/mol. The Hall–Kier alpha value is -2.58. The minimum Gasteiger partial charge on any atom is -0.390 e. The number of amidine groups is 1. The maximum atomic E-state index is 9.72. The first-order valence-electron chi connectivity index (χ1n) is 9.67. The topological polar surface area (TPSA) is 125 Å². The highest BCUT2D eigenvalue weighted by atomic mass is 16.3. The van der Waals surface area contributed by atoms with Crippen molar-refractivity contribution in [2.75, 3.05) is 26.2 Å². The van der Waals surface area contributed by atoms with Crippen molar-refractivity contribution in [2.45, 2.75) is 31.5 Å². The molecule has 2 atom stereocenters. The summed E-state index contributed by atoms with van der Waals surface area (Å²) in [6.45, 7) is 5.24. The van der Waals surface area contributed by atoms with Crippen molar-refractivity contribution in [3.63, 3.8) is 0 Å². The van der Waals surface area contributed by atoms with Gasteiger partial charge in [-0.05, 0) is 42.5 Å². The molecule has 1 aliphatic carbocycles. The average Bonchev–Trinajstić information content (AvgIpc) is 3.00. The molecule has 0 amide bonds. The van der Waals surface area contributed by atoms with E-state index in [-0.39, 0.29) is 24.0 Å². The number of hydrogen-bond donors (Lipinski definition) is 3. The zero-order valence-corrected chi connectivity index (χ0v) is 16.0. The van der Waals surface area contributed by atoms with E-state index in [4.69, 9.17) is 11.5 Å². The number of rotatable bonds is 2. The lowest BCUT2D eigenvalue weighted by atomic mass is 9.73. The number of fused-ring (bicyclic) bond motifs is 1. The molecule has 4 rings (SSSR count). The number of nitrogens with two attached hydrogens (primary N) is 2. The molecule has 0 aromatic heterocycles. The van der Waals surface area contributed by atoms with Crippen LogP contribution in [0.25, 0.3) is 0 Å². The number of hydrogen-bond acceptors (Lipinski definition) is 6. The second-order valence-electron chi connectivity index (χ2n) is 7.73. The van der Waals surface area contributed by atoms with Gasteiger partial charge in [0.25, 0.3) is 0 Å². The maximum absolute atomic E-state index is 9.72. The number of aliphatic imine (C=N–C) groups is 4. The molecule has 1 fully saturated rings. The first-order valence-corrected chi connectivity index (χ1v) is 9.67. The van der Waals surface area contributed by atoms with Gasteiger partial charge < -0.3 is 21.5 Å². The largest absolute Gasteiger partial charge is 0.390 e. The molecule has 1 aromatic rings. The van der Waals surface area contributed by atoms with E-state index in [2.05, 4.69) is 55.9 Å². The van der Waals surface area contributed by atoms with Gasteiger partial charge in [0.1, 0.15) is 11.5 Å². The van der Waals surface area contributed by atoms with Crippen LogP contribution >= 0.6 is 0 Å². The van der Waals surface area contributed by atoms with Crippen LogP contribution in [0.1, 0.15) is 30.0 Å². The Bertz CT molecular complexity index is 852. The van der Waals surface area contributed by atoms with Gasteiger partial charge in [0.15, 0.2) is 6.17 Å². The summed E-state index contributed by atoms with van der Waals surface area (Å²) >= 11 is 0. The lowest BCUT2D eigenvalue weighted by molar-refractivity contribution is 0.128. The van der Waals surface area contributed by atoms with Gasteiger partial charge in [0.05, 0.1) is 13.2 Å². The molecular formula is C20H27N7O. The summed E-state index contributed by atoms with van der Waals surface area (Å²) in [6.07, 6.45) is 2.56. The van der Waals surface area contributed by atoms with Crippen LogP contribution in [0.3, 0.4) is 0 Å². The molecule has 8 nitrogen and oxygen atoms in total. The van der Waals surface area contributed by atoms with E-state index in [1.54, 1.807) is 0 Å². The Morgan fingerprint density at radius 1 is 1.32 bits per heavy atom. The third-order valence-corrected chi connectivity index (χ3v) is 6.22. The number of aliphatic hydroxyl groups excluding tert-OH is 1. The lowest BCUT2D eigenvalue weighted by Gasteiger charge is -2.43. The van der Waals surface area contributed by atoms with Gasteiger partial charge >= 0.3 is 0 Å². The van der Waals surface area contributed by atoms with Crippen molar-refractivity contribution in [1.29, 1.82) is 0 Å². The fourth-order valence-corrected chi connectivity index (χ4v) is 4.64. The van der Waals surface area contributed by atoms with Crippen molar-refractivity contribution in [3.05, 3.63) is 35.4 Å². The molecule has 8 heteroatoms. The molecule has 2 aliphatic heterocycles. The highest BCUT2D eigenvalue weighted by Gasteiger charge is 2.46. The number of nitrogens with zero attached hydrogens (tertiary/aromatic N) is 5. The Balaban J connectivity index is 1.51. The Morgan fingerprint density at radius 2 is 2.07 bits per heavy atom. The first kappa shape index (κ1) is 18.8. The number of benzene rings is 1. The summed E-state index contributed by atoms with van der Waals surface area (Å²) in [5, 5.41) is 9.72. The van der Waals surface area contributed by atoms with E-state index in [1.807, 2.05) is 0 Å². The fraction of sp³-hybridized carbons (Fsp3) is 0.500. The SMILES string of the molecule is C=NC(N)=NC1CN=C(CO)C(N2CCC3(CC2)Cc2ccccc2[C@H]3N)=N1. The van der Waals surface area contributed by atoms with Crippen molar-refractivity contribution in [3.8, 4) is 0 Å². The smallest absolute Gasteiger partial charge is 0.216 e. The summed E-state index contributed by atoms with van der Waals surface area (Å²) in [5.41, 5.74) is 15.7. The van der Waals surface area contributed by atoms with Crippen LogP contribution in [-0.4, -0.2) is 66.6 Å². The molecule has 5 N–H and O–H groups in total. The highest BCUT2D eigenvalue weighted by molar-refractivity contribution is 6.42. The van der Waals surface area contributed by atoms with Crippen molar-refractivity contribution >= 4 is 24.2 Å². The third kappa shape index (κ3) is 3.22. The summed E-state index contributed by atoms with van der Waals surface area (Å²) in [6, 6.07) is 8.58. The fourth-order valence-electron chi connectivity index (χ4n) is 4.64. The Morgan fingerprint density at radius 3 is 2.75 bits per heavy atom. The molecule has 28 heavy (non-hydrogen) atoms. The van der Waals surface area contributed by atoms with Crippen LogP contribution in [0.2, 0.25) is 0 Å². The van der Waals surface area contributed by atoms with Crippen LogP contribution in [-0.2, 0) is 6.42 Å². The van der Waals surface area contributed by atoms with Gasteiger partial charge in [-0.15, -0.1) is 0 Å². The Kier molecular flexibility index (Phi) is 4.99. The zero-order chi connectivity index (χ0) is 19.7. The third-order valence-electron chi connectivity index (χ3n) is 6.22. The molecule has 2 heterocycles. The Labute approximate surface area is 164 Å². The van der Waals surface area contributed by atoms with Gasteiger partial charge in [-0.3, -0.25) is 4.99 Å². The number of aliphatic hydroxyl groups is 1. The quantitative estimate of drug-likeness (QED) is 0.510. The summed E-state index contributed by atoms with van der Waals surface area (Å²) < 4.78 is 0. The van der Waals surface area contributed by atoms with Crippen LogP contribution < -0.4 is 11.5 Å². The first-order chi connectivity index (χ1) is 13.6. The van der Waals surface area contributed by atoms with Crippen LogP contribution in [0.4, 0.5) is 0 Å². The van der Waals surface area contributed by atoms with Crippen LogP contribution in [0, 0.1) is 5.41 Å². The highest BCUT2D eigenvalue weighted by Crippen LogP contribution is 2.50. The molecule has 3 aliphatic rings. The molecule has 0 radical (unpaired) electrons. The monoisotopic (exact) mass is 381 g/mol. The standard InChI is InChI=1S/C20H27N7O/c1-23-19(22)26-16-11-24-15(12-28)18(25-16)27-8-6-20(7-9-27)10-13-4-2-3-5-14(13)17(20)21/h2-5,16-17,28H,1,6-12,21H2,(H2,22,26)/t16?,17-/m1/s1. The molecule has 1 aromatic carbocycles. The maximum Gasteiger partial charge on any atom is 0.216 e. The van der Waals surface area contributed by atoms with E-state index in [1.165, 1.54) is 11.1 Å². The van der Waals surface area contributed by atoms with Crippen LogP contribution in [0.15, 0.2) is 44.2 Å². The lowest BCUT2D eigenvalue weighted by Crippen LogP contribution is -2.50. The number of guanidine groups is 1. The predicted molar refractivity (Wildman–Crippen MR) is 112 cm³/mol. The average molecular weight is 381 g/mol.